The molecule has 0 spiro atoms. The normalized spacial score (nSPS) is 11.8. The van der Waals surface area contributed by atoms with Crippen molar-refractivity contribution in [1.82, 2.24) is 0 Å². The number of hydrogen-bond acceptors (Lipinski definition) is 7. The van der Waals surface area contributed by atoms with Crippen molar-refractivity contribution in [2.24, 2.45) is 11.3 Å². The lowest BCUT2D eigenvalue weighted by Gasteiger charge is -2.26. The van der Waals surface area contributed by atoms with Crippen molar-refractivity contribution in [3.05, 3.63) is 59.2 Å². The topological polar surface area (TPSA) is 233 Å². The van der Waals surface area contributed by atoms with Crippen molar-refractivity contribution in [1.29, 1.82) is 0 Å². The zero-order valence-corrected chi connectivity index (χ0v) is 23.9. The van der Waals surface area contributed by atoms with E-state index >= 15 is 0 Å². The minimum absolute atomic E-state index is 0.191. The molecule has 6 N–H and O–H groups in total. The summed E-state index contributed by atoms with van der Waals surface area (Å²) in [5.41, 5.74) is -3.02. The fourth-order valence-electron chi connectivity index (χ4n) is 4.97. The van der Waals surface area contributed by atoms with E-state index < -0.39 is 47.1 Å². The first-order valence-electron chi connectivity index (χ1n) is 14.1. The SMILES string of the molecule is O=C(O)c1ccc(Oc2ccc(CCCCCCCCCCCC(C(=O)O)C(C(=O)O)(C(=O)O)C(=O)O)cc2)cc1C(=O)O. The van der Waals surface area contributed by atoms with E-state index in [0.29, 0.717) is 12.2 Å². The van der Waals surface area contributed by atoms with Crippen LogP contribution in [0.2, 0.25) is 0 Å². The minimum atomic E-state index is -3.44. The third-order valence-corrected chi connectivity index (χ3v) is 7.40. The van der Waals surface area contributed by atoms with Gasteiger partial charge in [-0.15, -0.1) is 0 Å². The molecule has 13 nitrogen and oxygen atoms in total. The summed E-state index contributed by atoms with van der Waals surface area (Å²) < 4.78 is 5.68. The molecule has 0 saturated carbocycles. The molecule has 44 heavy (non-hydrogen) atoms. The number of hydrogen-bond donors (Lipinski definition) is 6. The Morgan fingerprint density at radius 1 is 0.568 bits per heavy atom. The lowest BCUT2D eigenvalue weighted by atomic mass is 9.72. The molecule has 2 aromatic carbocycles. The highest BCUT2D eigenvalue weighted by Crippen LogP contribution is 2.34. The molecule has 0 saturated heterocycles. The Balaban J connectivity index is 1.66. The molecular formula is C31H36O13. The Morgan fingerprint density at radius 2 is 1.02 bits per heavy atom. The molecule has 1 unspecified atom stereocenters. The van der Waals surface area contributed by atoms with Gasteiger partial charge in [-0.05, 0) is 55.2 Å². The zero-order valence-electron chi connectivity index (χ0n) is 23.9. The van der Waals surface area contributed by atoms with Gasteiger partial charge in [0.1, 0.15) is 11.5 Å². The van der Waals surface area contributed by atoms with Crippen LogP contribution in [0.15, 0.2) is 42.5 Å². The maximum atomic E-state index is 11.6. The predicted molar refractivity (Wildman–Crippen MR) is 153 cm³/mol. The summed E-state index contributed by atoms with van der Waals surface area (Å²) in [7, 11) is 0. The molecule has 0 bridgehead atoms. The van der Waals surface area contributed by atoms with Gasteiger partial charge in [0.2, 0.25) is 0 Å². The van der Waals surface area contributed by atoms with Gasteiger partial charge in [-0.25, -0.2) is 9.59 Å². The van der Waals surface area contributed by atoms with Crippen molar-refractivity contribution >= 4 is 35.8 Å². The number of carbonyl (C=O) groups is 6. The van der Waals surface area contributed by atoms with E-state index in [9.17, 15) is 54.3 Å². The van der Waals surface area contributed by atoms with Crippen molar-refractivity contribution in [3.63, 3.8) is 0 Å². The average Bonchev–Trinajstić information content (AvgIpc) is 2.95. The first-order chi connectivity index (χ1) is 20.8. The Morgan fingerprint density at radius 3 is 1.48 bits per heavy atom. The van der Waals surface area contributed by atoms with Crippen LogP contribution < -0.4 is 4.74 Å². The number of aromatic carboxylic acids is 2. The third kappa shape index (κ3) is 9.28. The smallest absolute Gasteiger partial charge is 0.336 e. The Labute approximate surface area is 252 Å². The summed E-state index contributed by atoms with van der Waals surface area (Å²) in [6, 6.07) is 11.1. The maximum Gasteiger partial charge on any atom is 0.336 e. The standard InChI is InChI=1S/C31H36O13/c32-25(33)22-17-16-21(18-23(22)26(34)35)44-20-14-12-19(13-15-20)10-8-6-4-2-1-3-5-7-9-11-24(27(36)37)31(28(38)39,29(40)41)30(42)43/h12-18,24H,1-11H2,(H,32,33)(H,34,35)(H,36,37)(H,38,39)(H,40,41)(H,42,43). The molecule has 0 aliphatic carbocycles. The Kier molecular flexibility index (Phi) is 13.3. The first-order valence-corrected chi connectivity index (χ1v) is 14.1. The van der Waals surface area contributed by atoms with Crippen LogP contribution >= 0.6 is 0 Å². The van der Waals surface area contributed by atoms with E-state index in [2.05, 4.69) is 0 Å². The van der Waals surface area contributed by atoms with Crippen LogP contribution in [0.3, 0.4) is 0 Å². The molecule has 0 heterocycles. The van der Waals surface area contributed by atoms with Gasteiger partial charge in [-0.1, -0.05) is 63.5 Å². The van der Waals surface area contributed by atoms with E-state index in [4.69, 9.17) is 9.84 Å². The summed E-state index contributed by atoms with van der Waals surface area (Å²) in [5.74, 6) is -12.5. The predicted octanol–water partition coefficient (Wildman–Crippen LogP) is 5.26. The van der Waals surface area contributed by atoms with Crippen molar-refractivity contribution in [2.75, 3.05) is 0 Å². The van der Waals surface area contributed by atoms with Crippen LogP contribution in [0.4, 0.5) is 0 Å². The number of carboxylic acid groups (broad SMARTS) is 6. The summed E-state index contributed by atoms with van der Waals surface area (Å²) in [6.07, 6.45) is 7.68. The number of aliphatic carboxylic acids is 4. The quantitative estimate of drug-likeness (QED) is 0.0776. The van der Waals surface area contributed by atoms with Crippen LogP contribution in [-0.2, 0) is 25.6 Å². The summed E-state index contributed by atoms with van der Waals surface area (Å²) in [4.78, 5) is 68.5. The maximum absolute atomic E-state index is 11.6. The van der Waals surface area contributed by atoms with Gasteiger partial charge in [0.25, 0.3) is 5.41 Å². The van der Waals surface area contributed by atoms with Crippen LogP contribution in [0.5, 0.6) is 11.5 Å². The average molecular weight is 617 g/mol. The number of aryl methyl sites for hydroxylation is 1. The van der Waals surface area contributed by atoms with Crippen molar-refractivity contribution in [2.45, 2.75) is 70.6 Å². The number of carboxylic acids is 6. The molecule has 0 radical (unpaired) electrons. The fraction of sp³-hybridized carbons (Fsp3) is 0.419. The molecule has 0 amide bonds. The molecule has 0 fully saturated rings. The van der Waals surface area contributed by atoms with Gasteiger partial charge in [-0.3, -0.25) is 19.2 Å². The van der Waals surface area contributed by atoms with Gasteiger partial charge in [0.05, 0.1) is 17.0 Å². The Bertz CT molecular complexity index is 1310. The molecule has 0 aliphatic rings. The van der Waals surface area contributed by atoms with Crippen LogP contribution in [0, 0.1) is 11.3 Å². The minimum Gasteiger partial charge on any atom is -0.481 e. The summed E-state index contributed by atoms with van der Waals surface area (Å²) in [5, 5.41) is 55.5. The Hall–Kier alpha value is -4.94. The van der Waals surface area contributed by atoms with Crippen molar-refractivity contribution < 1.29 is 64.1 Å². The van der Waals surface area contributed by atoms with Crippen molar-refractivity contribution in [3.8, 4) is 11.5 Å². The monoisotopic (exact) mass is 616 g/mol. The van der Waals surface area contributed by atoms with Crippen LogP contribution in [-0.4, -0.2) is 66.5 Å². The lowest BCUT2D eigenvalue weighted by Crippen LogP contribution is -2.54. The van der Waals surface area contributed by atoms with Crippen LogP contribution in [0.25, 0.3) is 0 Å². The number of ether oxygens (including phenoxy) is 1. The molecule has 0 aromatic heterocycles. The molecule has 238 valence electrons. The highest BCUT2D eigenvalue weighted by Gasteiger charge is 2.62. The molecular weight excluding hydrogens is 580 g/mol. The third-order valence-electron chi connectivity index (χ3n) is 7.40. The first kappa shape index (κ1) is 35.3. The fourth-order valence-corrected chi connectivity index (χ4v) is 4.97. The number of unbranched alkanes of at least 4 members (excludes halogenated alkanes) is 8. The second kappa shape index (κ2) is 16.6. The number of rotatable bonds is 21. The lowest BCUT2D eigenvalue weighted by molar-refractivity contribution is -0.186. The molecule has 1 atom stereocenters. The van der Waals surface area contributed by atoms with E-state index in [1.807, 2.05) is 12.1 Å². The molecule has 0 aliphatic heterocycles. The van der Waals surface area contributed by atoms with E-state index in [1.54, 1.807) is 12.1 Å². The molecule has 2 rings (SSSR count). The summed E-state index contributed by atoms with van der Waals surface area (Å²) in [6.45, 7) is 0. The second-order valence-corrected chi connectivity index (χ2v) is 10.4. The van der Waals surface area contributed by atoms with Gasteiger partial charge >= 0.3 is 35.8 Å². The molecule has 2 aromatic rings. The van der Waals surface area contributed by atoms with E-state index in [-0.39, 0.29) is 29.7 Å². The summed E-state index contributed by atoms with van der Waals surface area (Å²) >= 11 is 0. The van der Waals surface area contributed by atoms with Gasteiger partial charge in [0, 0.05) is 0 Å². The highest BCUT2D eigenvalue weighted by atomic mass is 16.5. The van der Waals surface area contributed by atoms with E-state index in [1.165, 1.54) is 18.2 Å². The van der Waals surface area contributed by atoms with Gasteiger partial charge in [0.15, 0.2) is 0 Å². The van der Waals surface area contributed by atoms with Gasteiger partial charge < -0.3 is 35.4 Å². The van der Waals surface area contributed by atoms with Crippen LogP contribution in [0.1, 0.15) is 90.5 Å². The second-order valence-electron chi connectivity index (χ2n) is 10.4. The number of benzene rings is 2. The zero-order chi connectivity index (χ0) is 32.9. The largest absolute Gasteiger partial charge is 0.481 e. The van der Waals surface area contributed by atoms with E-state index in [0.717, 1.165) is 56.9 Å². The van der Waals surface area contributed by atoms with Gasteiger partial charge in [-0.2, -0.15) is 0 Å². The molecule has 13 heteroatoms. The highest BCUT2D eigenvalue weighted by molar-refractivity contribution is 6.18.